The molecule has 0 aliphatic rings. The van der Waals surface area contributed by atoms with E-state index in [9.17, 15) is 0 Å². The molecule has 0 spiro atoms. The van der Waals surface area contributed by atoms with Gasteiger partial charge in [-0.25, -0.2) is 0 Å². The van der Waals surface area contributed by atoms with Gasteiger partial charge in [-0.3, -0.25) is 0 Å². The van der Waals surface area contributed by atoms with Crippen LogP contribution in [0.2, 0.25) is 0 Å². The normalized spacial score (nSPS) is 9.79. The Kier molecular flexibility index (Phi) is 4.99. The van der Waals surface area contributed by atoms with Crippen molar-refractivity contribution in [2.24, 2.45) is 5.73 Å². The summed E-state index contributed by atoms with van der Waals surface area (Å²) in [5.41, 5.74) is 7.17. The second-order valence-electron chi connectivity index (χ2n) is 3.86. The molecule has 0 fully saturated rings. The minimum absolute atomic E-state index is 0.0173. The fourth-order valence-electron chi connectivity index (χ4n) is 1.59. The standard InChI is InChI=1S/C15H15NO2S/c16-7-2-4-13-6-8-19-15(13)11-18-14-5-1-3-12(9-14)10-17/h1,3,5-6,8-9,17H,7,10-11,16H2. The molecule has 3 nitrogen and oxygen atoms in total. The van der Waals surface area contributed by atoms with Gasteiger partial charge < -0.3 is 15.6 Å². The maximum Gasteiger partial charge on any atom is 0.124 e. The highest BCUT2D eigenvalue weighted by atomic mass is 32.1. The Bertz CT molecular complexity index is 595. The van der Waals surface area contributed by atoms with Crippen LogP contribution in [-0.4, -0.2) is 11.7 Å². The number of aliphatic hydroxyl groups is 1. The van der Waals surface area contributed by atoms with Crippen LogP contribution < -0.4 is 10.5 Å². The highest BCUT2D eigenvalue weighted by Crippen LogP contribution is 2.20. The lowest BCUT2D eigenvalue weighted by Gasteiger charge is -2.06. The van der Waals surface area contributed by atoms with Crippen LogP contribution in [0, 0.1) is 11.8 Å². The SMILES string of the molecule is NCC#Cc1ccsc1COc1cccc(CO)c1. The lowest BCUT2D eigenvalue weighted by atomic mass is 10.2. The molecule has 2 rings (SSSR count). The van der Waals surface area contributed by atoms with Crippen molar-refractivity contribution in [2.75, 3.05) is 6.54 Å². The van der Waals surface area contributed by atoms with E-state index in [4.69, 9.17) is 15.6 Å². The van der Waals surface area contributed by atoms with Crippen molar-refractivity contribution in [1.82, 2.24) is 0 Å². The van der Waals surface area contributed by atoms with E-state index in [1.54, 1.807) is 11.3 Å². The third kappa shape index (κ3) is 3.83. The zero-order chi connectivity index (χ0) is 13.5. The molecule has 0 saturated carbocycles. The molecule has 0 radical (unpaired) electrons. The number of aliphatic hydroxyl groups excluding tert-OH is 1. The Balaban J connectivity index is 2.04. The van der Waals surface area contributed by atoms with Gasteiger partial charge in [-0.2, -0.15) is 0 Å². The first-order valence-electron chi connectivity index (χ1n) is 5.91. The van der Waals surface area contributed by atoms with Crippen LogP contribution in [0.1, 0.15) is 16.0 Å². The summed E-state index contributed by atoms with van der Waals surface area (Å²) in [7, 11) is 0. The lowest BCUT2D eigenvalue weighted by molar-refractivity contribution is 0.278. The van der Waals surface area contributed by atoms with Gasteiger partial charge in [0.25, 0.3) is 0 Å². The first-order chi connectivity index (χ1) is 9.33. The predicted molar refractivity (Wildman–Crippen MR) is 76.9 cm³/mol. The number of ether oxygens (including phenoxy) is 1. The summed E-state index contributed by atoms with van der Waals surface area (Å²) in [6.07, 6.45) is 0. The summed E-state index contributed by atoms with van der Waals surface area (Å²) in [6.45, 7) is 0.846. The molecule has 98 valence electrons. The molecule has 0 amide bonds. The van der Waals surface area contributed by atoms with Crippen LogP contribution in [0.4, 0.5) is 0 Å². The number of benzene rings is 1. The summed E-state index contributed by atoms with van der Waals surface area (Å²) in [6, 6.07) is 9.40. The smallest absolute Gasteiger partial charge is 0.124 e. The molecular weight excluding hydrogens is 258 g/mol. The average Bonchev–Trinajstić information content (AvgIpc) is 2.90. The molecule has 1 heterocycles. The Morgan fingerprint density at radius 1 is 1.32 bits per heavy atom. The highest BCUT2D eigenvalue weighted by Gasteiger charge is 2.03. The summed E-state index contributed by atoms with van der Waals surface area (Å²) in [5.74, 6) is 6.62. The van der Waals surface area contributed by atoms with Gasteiger partial charge >= 0.3 is 0 Å². The predicted octanol–water partition coefficient (Wildman–Crippen LogP) is 2.13. The van der Waals surface area contributed by atoms with Crippen LogP contribution in [0.25, 0.3) is 0 Å². The molecule has 19 heavy (non-hydrogen) atoms. The van der Waals surface area contributed by atoms with Crippen molar-refractivity contribution in [3.8, 4) is 17.6 Å². The minimum Gasteiger partial charge on any atom is -0.488 e. The average molecular weight is 273 g/mol. The molecule has 1 aromatic heterocycles. The van der Waals surface area contributed by atoms with E-state index >= 15 is 0 Å². The number of thiophene rings is 1. The summed E-state index contributed by atoms with van der Waals surface area (Å²) < 4.78 is 5.71. The van der Waals surface area contributed by atoms with Gasteiger partial charge in [0.1, 0.15) is 12.4 Å². The van der Waals surface area contributed by atoms with Gasteiger partial charge in [-0.15, -0.1) is 11.3 Å². The van der Waals surface area contributed by atoms with Crippen molar-refractivity contribution in [2.45, 2.75) is 13.2 Å². The Hall–Kier alpha value is -1.80. The molecule has 3 N–H and O–H groups in total. The van der Waals surface area contributed by atoms with Crippen molar-refractivity contribution in [3.05, 3.63) is 51.7 Å². The van der Waals surface area contributed by atoms with E-state index in [1.165, 1.54) is 0 Å². The molecule has 1 aromatic carbocycles. The third-order valence-corrected chi connectivity index (χ3v) is 3.42. The zero-order valence-corrected chi connectivity index (χ0v) is 11.2. The van der Waals surface area contributed by atoms with Gasteiger partial charge in [0.15, 0.2) is 0 Å². The Morgan fingerprint density at radius 2 is 2.21 bits per heavy atom. The molecular formula is C15H15NO2S. The molecule has 0 bridgehead atoms. The second-order valence-corrected chi connectivity index (χ2v) is 4.86. The van der Waals surface area contributed by atoms with Crippen molar-refractivity contribution >= 4 is 11.3 Å². The van der Waals surface area contributed by atoms with Crippen molar-refractivity contribution < 1.29 is 9.84 Å². The van der Waals surface area contributed by atoms with E-state index < -0.39 is 0 Å². The van der Waals surface area contributed by atoms with Gasteiger partial charge in [0, 0.05) is 5.56 Å². The highest BCUT2D eigenvalue weighted by molar-refractivity contribution is 7.10. The molecule has 0 saturated heterocycles. The van der Waals surface area contributed by atoms with Gasteiger partial charge in [0.05, 0.1) is 18.0 Å². The molecule has 0 aliphatic heterocycles. The fourth-order valence-corrected chi connectivity index (χ4v) is 2.33. The van der Waals surface area contributed by atoms with Gasteiger partial charge in [-0.05, 0) is 29.1 Å². The van der Waals surface area contributed by atoms with E-state index in [-0.39, 0.29) is 6.61 Å². The van der Waals surface area contributed by atoms with Gasteiger partial charge in [-0.1, -0.05) is 24.0 Å². The summed E-state index contributed by atoms with van der Waals surface area (Å²) >= 11 is 1.61. The maximum absolute atomic E-state index is 9.07. The summed E-state index contributed by atoms with van der Waals surface area (Å²) in [4.78, 5) is 1.08. The quantitative estimate of drug-likeness (QED) is 0.839. The van der Waals surface area contributed by atoms with Gasteiger partial charge in [0.2, 0.25) is 0 Å². The number of hydrogen-bond donors (Lipinski definition) is 2. The van der Waals surface area contributed by atoms with E-state index in [0.29, 0.717) is 13.2 Å². The van der Waals surface area contributed by atoms with Crippen LogP contribution in [0.5, 0.6) is 5.75 Å². The van der Waals surface area contributed by atoms with Crippen molar-refractivity contribution in [3.63, 3.8) is 0 Å². The molecule has 4 heteroatoms. The van der Waals surface area contributed by atoms with Crippen LogP contribution >= 0.6 is 11.3 Å². The van der Waals surface area contributed by atoms with E-state index in [0.717, 1.165) is 21.8 Å². The first kappa shape index (κ1) is 13.6. The number of rotatable bonds is 4. The number of nitrogens with two attached hydrogens (primary N) is 1. The zero-order valence-electron chi connectivity index (χ0n) is 10.4. The second kappa shape index (κ2) is 6.95. The molecule has 0 atom stereocenters. The lowest BCUT2D eigenvalue weighted by Crippen LogP contribution is -1.96. The molecule has 0 aliphatic carbocycles. The third-order valence-electron chi connectivity index (χ3n) is 2.52. The fraction of sp³-hybridized carbons (Fsp3) is 0.200. The van der Waals surface area contributed by atoms with E-state index in [2.05, 4.69) is 11.8 Å². The van der Waals surface area contributed by atoms with Crippen LogP contribution in [-0.2, 0) is 13.2 Å². The number of hydrogen-bond acceptors (Lipinski definition) is 4. The molecule has 2 aromatic rings. The molecule has 0 unspecified atom stereocenters. The van der Waals surface area contributed by atoms with E-state index in [1.807, 2.05) is 35.7 Å². The summed E-state index contributed by atoms with van der Waals surface area (Å²) in [5, 5.41) is 11.1. The van der Waals surface area contributed by atoms with Crippen LogP contribution in [0.15, 0.2) is 35.7 Å². The van der Waals surface area contributed by atoms with Crippen molar-refractivity contribution in [1.29, 1.82) is 0 Å². The maximum atomic E-state index is 9.07. The largest absolute Gasteiger partial charge is 0.488 e. The Morgan fingerprint density at radius 3 is 3.00 bits per heavy atom. The van der Waals surface area contributed by atoms with Crippen LogP contribution in [0.3, 0.4) is 0 Å². The monoisotopic (exact) mass is 273 g/mol. The minimum atomic E-state index is 0.0173. The Labute approximate surface area is 116 Å². The first-order valence-corrected chi connectivity index (χ1v) is 6.79. The topological polar surface area (TPSA) is 55.5 Å².